The Bertz CT molecular complexity index is 581. The zero-order chi connectivity index (χ0) is 20.1. The van der Waals surface area contributed by atoms with Crippen LogP contribution in [0.2, 0.25) is 0 Å². The van der Waals surface area contributed by atoms with Crippen LogP contribution >= 0.6 is 0 Å². The van der Waals surface area contributed by atoms with E-state index in [0.717, 1.165) is 41.1 Å². The molecule has 4 rings (SSSR count). The highest BCUT2D eigenvalue weighted by atomic mass is 19.1. The molecule has 0 aliphatic heterocycles. The molecule has 0 heterocycles. The SMILES string of the molecule is CCC[C@H]1CC[C@H]([C@H]2CC[C@H](C3CCC(c4ccc(CF)cc4)CC3)CC2)CC1. The molecule has 0 amide bonds. The van der Waals surface area contributed by atoms with Crippen molar-refractivity contribution in [2.75, 3.05) is 0 Å². The Morgan fingerprint density at radius 3 is 1.55 bits per heavy atom. The van der Waals surface area contributed by atoms with E-state index in [1.165, 1.54) is 95.5 Å². The molecule has 0 unspecified atom stereocenters. The number of hydrogen-bond acceptors (Lipinski definition) is 0. The summed E-state index contributed by atoms with van der Waals surface area (Å²) in [7, 11) is 0. The van der Waals surface area contributed by atoms with Crippen LogP contribution < -0.4 is 0 Å². The van der Waals surface area contributed by atoms with Crippen LogP contribution in [0.4, 0.5) is 4.39 Å². The Hall–Kier alpha value is -0.850. The monoisotopic (exact) mass is 398 g/mol. The van der Waals surface area contributed by atoms with Crippen molar-refractivity contribution in [1.29, 1.82) is 0 Å². The lowest BCUT2D eigenvalue weighted by Gasteiger charge is -2.41. The molecular weight excluding hydrogens is 355 g/mol. The molecule has 162 valence electrons. The number of rotatable bonds is 6. The largest absolute Gasteiger partial charge is 0.246 e. The summed E-state index contributed by atoms with van der Waals surface area (Å²) in [5.41, 5.74) is 2.26. The van der Waals surface area contributed by atoms with Gasteiger partial charge in [-0.2, -0.15) is 0 Å². The standard InChI is InChI=1S/C28H43F/c1-2-3-21-4-8-23(9-5-21)25-12-16-27(17-13-25)28-18-14-26(15-19-28)24-10-6-22(20-29)7-11-24/h6-7,10-11,21,23,25-28H,2-5,8-9,12-20H2,1H3/t21-,23-,25-,26?,27-,28?. The first-order chi connectivity index (χ1) is 14.3. The van der Waals surface area contributed by atoms with E-state index in [-0.39, 0.29) is 6.67 Å². The molecule has 3 fully saturated rings. The van der Waals surface area contributed by atoms with Crippen molar-refractivity contribution >= 4 is 0 Å². The minimum Gasteiger partial charge on any atom is -0.246 e. The van der Waals surface area contributed by atoms with Crippen LogP contribution in [0.5, 0.6) is 0 Å². The maximum absolute atomic E-state index is 12.8. The van der Waals surface area contributed by atoms with Gasteiger partial charge in [-0.25, -0.2) is 4.39 Å². The molecule has 1 heteroatoms. The van der Waals surface area contributed by atoms with Crippen molar-refractivity contribution in [3.05, 3.63) is 35.4 Å². The van der Waals surface area contributed by atoms with E-state index in [4.69, 9.17) is 0 Å². The van der Waals surface area contributed by atoms with Crippen LogP contribution in [-0.2, 0) is 6.67 Å². The molecule has 0 saturated heterocycles. The van der Waals surface area contributed by atoms with Gasteiger partial charge in [0.15, 0.2) is 0 Å². The fourth-order valence-corrected chi connectivity index (χ4v) is 7.25. The quantitative estimate of drug-likeness (QED) is 0.449. The number of benzene rings is 1. The van der Waals surface area contributed by atoms with Crippen LogP contribution in [0, 0.1) is 29.6 Å². The minimum absolute atomic E-state index is 0.337. The van der Waals surface area contributed by atoms with Crippen LogP contribution in [0.3, 0.4) is 0 Å². The molecule has 3 aliphatic rings. The summed E-state index contributed by atoms with van der Waals surface area (Å²) in [5, 5.41) is 0. The Morgan fingerprint density at radius 2 is 1.10 bits per heavy atom. The van der Waals surface area contributed by atoms with Crippen LogP contribution in [0.25, 0.3) is 0 Å². The molecule has 1 aromatic carbocycles. The second-order valence-electron chi connectivity index (χ2n) is 10.7. The van der Waals surface area contributed by atoms with E-state index >= 15 is 0 Å². The van der Waals surface area contributed by atoms with Crippen molar-refractivity contribution in [1.82, 2.24) is 0 Å². The van der Waals surface area contributed by atoms with E-state index in [1.807, 2.05) is 12.1 Å². The molecule has 1 aromatic rings. The number of alkyl halides is 1. The maximum Gasteiger partial charge on any atom is 0.115 e. The molecule has 0 aromatic heterocycles. The zero-order valence-electron chi connectivity index (χ0n) is 18.8. The highest BCUT2D eigenvalue weighted by Crippen LogP contribution is 2.47. The first-order valence-corrected chi connectivity index (χ1v) is 12.9. The molecule has 0 spiro atoms. The summed E-state index contributed by atoms with van der Waals surface area (Å²) in [4.78, 5) is 0. The average Bonchev–Trinajstić information content (AvgIpc) is 2.80. The van der Waals surface area contributed by atoms with Gasteiger partial charge < -0.3 is 0 Å². The summed E-state index contributed by atoms with van der Waals surface area (Å²) < 4.78 is 12.8. The molecule has 0 nitrogen and oxygen atoms in total. The van der Waals surface area contributed by atoms with Crippen LogP contribution in [0.1, 0.15) is 114 Å². The molecule has 3 aliphatic carbocycles. The van der Waals surface area contributed by atoms with Gasteiger partial charge in [0.05, 0.1) is 0 Å². The van der Waals surface area contributed by atoms with E-state index in [1.54, 1.807) is 0 Å². The lowest BCUT2D eigenvalue weighted by Crippen LogP contribution is -2.29. The molecule has 0 bridgehead atoms. The van der Waals surface area contributed by atoms with Gasteiger partial charge in [0.1, 0.15) is 6.67 Å². The second-order valence-corrected chi connectivity index (χ2v) is 10.7. The van der Waals surface area contributed by atoms with Gasteiger partial charge in [-0.3, -0.25) is 0 Å². The minimum atomic E-state index is -0.337. The summed E-state index contributed by atoms with van der Waals surface area (Å²) in [6, 6.07) is 8.33. The second kappa shape index (κ2) is 10.5. The smallest absolute Gasteiger partial charge is 0.115 e. The molecule has 0 atom stereocenters. The van der Waals surface area contributed by atoms with E-state index in [0.29, 0.717) is 0 Å². The fourth-order valence-electron chi connectivity index (χ4n) is 7.25. The lowest BCUT2D eigenvalue weighted by atomic mass is 9.64. The molecule has 0 N–H and O–H groups in total. The Balaban J connectivity index is 1.19. The van der Waals surface area contributed by atoms with Gasteiger partial charge in [0, 0.05) is 0 Å². The topological polar surface area (TPSA) is 0 Å². The van der Waals surface area contributed by atoms with Crippen LogP contribution in [0.15, 0.2) is 24.3 Å². The fraction of sp³-hybridized carbons (Fsp3) is 0.786. The average molecular weight is 399 g/mol. The van der Waals surface area contributed by atoms with E-state index in [9.17, 15) is 4.39 Å². The predicted molar refractivity (Wildman–Crippen MR) is 122 cm³/mol. The normalized spacial score (nSPS) is 36.1. The summed E-state index contributed by atoms with van der Waals surface area (Å²) in [5.74, 6) is 5.88. The third kappa shape index (κ3) is 5.45. The first kappa shape index (κ1) is 21.4. The van der Waals surface area contributed by atoms with Gasteiger partial charge >= 0.3 is 0 Å². The van der Waals surface area contributed by atoms with Crippen LogP contribution in [-0.4, -0.2) is 0 Å². The zero-order valence-corrected chi connectivity index (χ0v) is 18.8. The predicted octanol–water partition coefficient (Wildman–Crippen LogP) is 8.84. The molecule has 0 radical (unpaired) electrons. The third-order valence-electron chi connectivity index (χ3n) is 9.12. The van der Waals surface area contributed by atoms with E-state index in [2.05, 4.69) is 19.1 Å². The number of hydrogen-bond donors (Lipinski definition) is 0. The highest BCUT2D eigenvalue weighted by Gasteiger charge is 2.34. The first-order valence-electron chi connectivity index (χ1n) is 12.9. The number of halogens is 1. The van der Waals surface area contributed by atoms with Gasteiger partial charge in [0.25, 0.3) is 0 Å². The lowest BCUT2D eigenvalue weighted by molar-refractivity contribution is 0.109. The van der Waals surface area contributed by atoms with E-state index < -0.39 is 0 Å². The summed E-state index contributed by atoms with van der Waals surface area (Å²) in [6.45, 7) is 2.01. The summed E-state index contributed by atoms with van der Waals surface area (Å²) >= 11 is 0. The van der Waals surface area contributed by atoms with Gasteiger partial charge in [-0.15, -0.1) is 0 Å². The van der Waals surface area contributed by atoms with Gasteiger partial charge in [0.2, 0.25) is 0 Å². The molecule has 29 heavy (non-hydrogen) atoms. The van der Waals surface area contributed by atoms with Crippen molar-refractivity contribution in [2.45, 2.75) is 109 Å². The van der Waals surface area contributed by atoms with Crippen molar-refractivity contribution < 1.29 is 4.39 Å². The van der Waals surface area contributed by atoms with Crippen molar-refractivity contribution in [3.63, 3.8) is 0 Å². The highest BCUT2D eigenvalue weighted by molar-refractivity contribution is 5.25. The van der Waals surface area contributed by atoms with Gasteiger partial charge in [-0.05, 0) is 111 Å². The Kier molecular flexibility index (Phi) is 7.71. The third-order valence-corrected chi connectivity index (χ3v) is 9.12. The molecule has 3 saturated carbocycles. The van der Waals surface area contributed by atoms with Crippen molar-refractivity contribution in [2.24, 2.45) is 29.6 Å². The maximum atomic E-state index is 12.8. The van der Waals surface area contributed by atoms with Gasteiger partial charge in [-0.1, -0.05) is 56.9 Å². The summed E-state index contributed by atoms with van der Waals surface area (Å²) in [6.07, 6.45) is 20.6. The molecular formula is C28H43F. The Labute approximate surface area is 179 Å². The Morgan fingerprint density at radius 1 is 0.655 bits per heavy atom. The van der Waals surface area contributed by atoms with Crippen molar-refractivity contribution in [3.8, 4) is 0 Å².